The predicted octanol–water partition coefficient (Wildman–Crippen LogP) is 4.50. The fourth-order valence-corrected chi connectivity index (χ4v) is 2.21. The summed E-state index contributed by atoms with van der Waals surface area (Å²) in [6.07, 6.45) is 5.71. The van der Waals surface area contributed by atoms with Crippen LogP contribution < -0.4 is 4.74 Å². The van der Waals surface area contributed by atoms with Gasteiger partial charge in [-0.15, -0.1) is 0 Å². The molecule has 2 rings (SSSR count). The zero-order valence-corrected chi connectivity index (χ0v) is 13.5. The van der Waals surface area contributed by atoms with E-state index in [0.29, 0.717) is 12.4 Å². The molecule has 2 N–H and O–H groups in total. The van der Waals surface area contributed by atoms with Gasteiger partial charge in [0, 0.05) is 7.11 Å². The van der Waals surface area contributed by atoms with E-state index in [1.165, 1.54) is 11.6 Å². The van der Waals surface area contributed by atoms with Crippen molar-refractivity contribution in [2.24, 2.45) is 0 Å². The third-order valence-electron chi connectivity index (χ3n) is 3.34. The van der Waals surface area contributed by atoms with E-state index in [1.54, 1.807) is 19.3 Å². The molecule has 122 valence electrons. The largest absolute Gasteiger partial charge is 0.504 e. The zero-order chi connectivity index (χ0) is 16.7. The van der Waals surface area contributed by atoms with Crippen molar-refractivity contribution in [1.29, 1.82) is 0 Å². The van der Waals surface area contributed by atoms with Crippen molar-refractivity contribution in [3.05, 3.63) is 53.6 Å². The molecule has 2 aromatic carbocycles. The molecule has 0 spiro atoms. The van der Waals surface area contributed by atoms with Crippen LogP contribution in [0.15, 0.2) is 42.5 Å². The number of hydrogen-bond donors (Lipinski definition) is 2. The molecular formula is C19H22O4. The second-order valence-electron chi connectivity index (χ2n) is 5.24. The molecule has 0 radical (unpaired) electrons. The second-order valence-corrected chi connectivity index (χ2v) is 5.24. The number of hydrogen-bond acceptors (Lipinski definition) is 4. The fourth-order valence-electron chi connectivity index (χ4n) is 2.21. The van der Waals surface area contributed by atoms with Crippen molar-refractivity contribution in [2.45, 2.75) is 19.8 Å². The van der Waals surface area contributed by atoms with Crippen molar-refractivity contribution in [3.63, 3.8) is 0 Å². The van der Waals surface area contributed by atoms with Gasteiger partial charge in [-0.1, -0.05) is 37.6 Å². The molecule has 0 aliphatic carbocycles. The van der Waals surface area contributed by atoms with Crippen LogP contribution in [0.5, 0.6) is 23.0 Å². The summed E-state index contributed by atoms with van der Waals surface area (Å²) in [6.45, 7) is 2.60. The number of benzene rings is 2. The van der Waals surface area contributed by atoms with Gasteiger partial charge in [-0.25, -0.2) is 0 Å². The van der Waals surface area contributed by atoms with Crippen LogP contribution in [-0.2, 0) is 11.2 Å². The van der Waals surface area contributed by atoms with E-state index in [9.17, 15) is 10.2 Å². The maximum atomic E-state index is 9.97. The van der Waals surface area contributed by atoms with Gasteiger partial charge in [-0.2, -0.15) is 0 Å². The van der Waals surface area contributed by atoms with Gasteiger partial charge in [0.05, 0.1) is 6.61 Å². The SMILES string of the molecule is CCCc1ccc(Oc2cc(/C=C/COC)cc(O)c2O)cc1. The van der Waals surface area contributed by atoms with Crippen LogP contribution in [0.1, 0.15) is 24.5 Å². The first-order valence-corrected chi connectivity index (χ1v) is 7.62. The van der Waals surface area contributed by atoms with Crippen LogP contribution in [0.4, 0.5) is 0 Å². The maximum Gasteiger partial charge on any atom is 0.201 e. The third kappa shape index (κ3) is 4.76. The quantitative estimate of drug-likeness (QED) is 0.739. The van der Waals surface area contributed by atoms with Gasteiger partial charge in [0.15, 0.2) is 11.5 Å². The van der Waals surface area contributed by atoms with Crippen molar-refractivity contribution in [2.75, 3.05) is 13.7 Å². The topological polar surface area (TPSA) is 58.9 Å². The van der Waals surface area contributed by atoms with E-state index in [2.05, 4.69) is 6.92 Å². The van der Waals surface area contributed by atoms with Crippen LogP contribution in [0.25, 0.3) is 6.08 Å². The van der Waals surface area contributed by atoms with Gasteiger partial charge in [0.25, 0.3) is 0 Å². The second kappa shape index (κ2) is 8.25. The number of aryl methyl sites for hydroxylation is 1. The first kappa shape index (κ1) is 16.9. The summed E-state index contributed by atoms with van der Waals surface area (Å²) in [5.74, 6) is 0.330. The summed E-state index contributed by atoms with van der Waals surface area (Å²) >= 11 is 0. The third-order valence-corrected chi connectivity index (χ3v) is 3.34. The molecule has 0 atom stereocenters. The minimum atomic E-state index is -0.272. The van der Waals surface area contributed by atoms with Crippen LogP contribution in [0.2, 0.25) is 0 Å². The highest BCUT2D eigenvalue weighted by atomic mass is 16.5. The smallest absolute Gasteiger partial charge is 0.201 e. The highest BCUT2D eigenvalue weighted by Gasteiger charge is 2.10. The number of phenolic OH excluding ortho intramolecular Hbond substituents is 2. The Morgan fingerprint density at radius 3 is 2.48 bits per heavy atom. The lowest BCUT2D eigenvalue weighted by Gasteiger charge is -2.10. The Kier molecular flexibility index (Phi) is 6.06. The van der Waals surface area contributed by atoms with Crippen LogP contribution >= 0.6 is 0 Å². The average molecular weight is 314 g/mol. The highest BCUT2D eigenvalue weighted by molar-refractivity contribution is 5.61. The van der Waals surface area contributed by atoms with E-state index in [1.807, 2.05) is 30.3 Å². The van der Waals surface area contributed by atoms with Crippen molar-refractivity contribution < 1.29 is 19.7 Å². The lowest BCUT2D eigenvalue weighted by Crippen LogP contribution is -1.88. The van der Waals surface area contributed by atoms with Gasteiger partial charge in [0.2, 0.25) is 5.75 Å². The zero-order valence-electron chi connectivity index (χ0n) is 13.5. The molecule has 0 unspecified atom stereocenters. The average Bonchev–Trinajstić information content (AvgIpc) is 2.54. The van der Waals surface area contributed by atoms with E-state index in [4.69, 9.17) is 9.47 Å². The molecule has 23 heavy (non-hydrogen) atoms. The monoisotopic (exact) mass is 314 g/mol. The summed E-state index contributed by atoms with van der Waals surface area (Å²) in [7, 11) is 1.61. The van der Waals surface area contributed by atoms with Gasteiger partial charge in [0.1, 0.15) is 5.75 Å². The highest BCUT2D eigenvalue weighted by Crippen LogP contribution is 2.39. The van der Waals surface area contributed by atoms with Crippen LogP contribution in [0.3, 0.4) is 0 Å². The van der Waals surface area contributed by atoms with Crippen molar-refractivity contribution in [1.82, 2.24) is 0 Å². The maximum absolute atomic E-state index is 9.97. The number of phenols is 2. The Morgan fingerprint density at radius 2 is 1.83 bits per heavy atom. The normalized spacial score (nSPS) is 11.0. The number of aromatic hydroxyl groups is 2. The Labute approximate surface area is 136 Å². The molecule has 0 aliphatic rings. The molecule has 0 saturated heterocycles. The molecule has 4 nitrogen and oxygen atoms in total. The molecule has 2 aromatic rings. The molecule has 0 aliphatic heterocycles. The molecule has 0 aromatic heterocycles. The van der Waals surface area contributed by atoms with Crippen molar-refractivity contribution >= 4 is 6.08 Å². The van der Waals surface area contributed by atoms with E-state index in [-0.39, 0.29) is 17.2 Å². The van der Waals surface area contributed by atoms with Gasteiger partial charge >= 0.3 is 0 Å². The summed E-state index contributed by atoms with van der Waals surface area (Å²) in [5.41, 5.74) is 1.96. The Balaban J connectivity index is 2.20. The summed E-state index contributed by atoms with van der Waals surface area (Å²) < 4.78 is 10.6. The molecule has 0 saturated carbocycles. The van der Waals surface area contributed by atoms with Crippen molar-refractivity contribution in [3.8, 4) is 23.0 Å². The molecule has 4 heteroatoms. The van der Waals surface area contributed by atoms with Crippen LogP contribution in [0, 0.1) is 0 Å². The first-order chi connectivity index (χ1) is 11.1. The fraction of sp³-hybridized carbons (Fsp3) is 0.263. The van der Waals surface area contributed by atoms with E-state index < -0.39 is 0 Å². The molecule has 0 heterocycles. The minimum absolute atomic E-state index is 0.213. The molecule has 0 fully saturated rings. The lowest BCUT2D eigenvalue weighted by molar-refractivity contribution is 0.234. The van der Waals surface area contributed by atoms with Gasteiger partial charge in [-0.3, -0.25) is 0 Å². The lowest BCUT2D eigenvalue weighted by atomic mass is 10.1. The van der Waals surface area contributed by atoms with Gasteiger partial charge in [-0.05, 0) is 41.8 Å². The van der Waals surface area contributed by atoms with E-state index in [0.717, 1.165) is 18.4 Å². The van der Waals surface area contributed by atoms with Crippen LogP contribution in [-0.4, -0.2) is 23.9 Å². The summed E-state index contributed by atoms with van der Waals surface area (Å²) in [6, 6.07) is 10.8. The summed E-state index contributed by atoms with van der Waals surface area (Å²) in [5, 5.41) is 19.8. The number of methoxy groups -OCH3 is 1. The van der Waals surface area contributed by atoms with Gasteiger partial charge < -0.3 is 19.7 Å². The predicted molar refractivity (Wildman–Crippen MR) is 91.2 cm³/mol. The molecule has 0 amide bonds. The number of ether oxygens (including phenoxy) is 2. The standard InChI is InChI=1S/C19H22O4/c1-3-5-14-7-9-16(10-8-14)23-18-13-15(6-4-11-22-2)12-17(20)19(18)21/h4,6-10,12-13,20-21H,3,5,11H2,1-2H3/b6-4+. The molecule has 0 bridgehead atoms. The molecular weight excluding hydrogens is 292 g/mol. The van der Waals surface area contributed by atoms with E-state index >= 15 is 0 Å². The minimum Gasteiger partial charge on any atom is -0.504 e. The first-order valence-electron chi connectivity index (χ1n) is 7.62. The summed E-state index contributed by atoms with van der Waals surface area (Å²) in [4.78, 5) is 0. The Bertz CT molecular complexity index is 660. The Hall–Kier alpha value is -2.46. The number of rotatable bonds is 7. The Morgan fingerprint density at radius 1 is 1.09 bits per heavy atom.